The molecule has 3 aromatic rings. The van der Waals surface area contributed by atoms with Gasteiger partial charge in [-0.2, -0.15) is 0 Å². The maximum atomic E-state index is 13.8. The molecule has 0 fully saturated rings. The van der Waals surface area contributed by atoms with E-state index in [2.05, 4.69) is 4.98 Å². The smallest absolute Gasteiger partial charge is 0.143 e. The fourth-order valence-corrected chi connectivity index (χ4v) is 2.52. The number of nitrogens with two attached hydrogens (primary N) is 1. The monoisotopic (exact) mass is 303 g/mol. The molecule has 2 N–H and O–H groups in total. The van der Waals surface area contributed by atoms with Crippen molar-refractivity contribution in [1.29, 1.82) is 0 Å². The standard InChI is InChI=1S/C16H15ClFN3/c1-9(2)16-20-14-7-10(19)3-6-15(14)21(16)11-4-5-12(17)13(18)8-11/h3-9H,19H2,1-2H3. The number of imidazole rings is 1. The lowest BCUT2D eigenvalue weighted by Crippen LogP contribution is -2.03. The van der Waals surface area contributed by atoms with Crippen molar-refractivity contribution < 1.29 is 4.39 Å². The van der Waals surface area contributed by atoms with Gasteiger partial charge in [0.2, 0.25) is 0 Å². The van der Waals surface area contributed by atoms with Gasteiger partial charge < -0.3 is 5.73 Å². The average molecular weight is 304 g/mol. The predicted molar refractivity (Wildman–Crippen MR) is 84.5 cm³/mol. The molecule has 0 aliphatic carbocycles. The molecule has 0 spiro atoms. The number of aromatic nitrogens is 2. The second-order valence-corrected chi connectivity index (χ2v) is 5.71. The summed E-state index contributed by atoms with van der Waals surface area (Å²) in [4.78, 5) is 4.63. The van der Waals surface area contributed by atoms with E-state index in [9.17, 15) is 4.39 Å². The molecule has 0 amide bonds. The molecule has 3 rings (SSSR count). The van der Waals surface area contributed by atoms with Gasteiger partial charge in [-0.1, -0.05) is 25.4 Å². The minimum atomic E-state index is -0.443. The molecule has 1 aromatic heterocycles. The highest BCUT2D eigenvalue weighted by Gasteiger charge is 2.16. The molecule has 0 bridgehead atoms. The number of rotatable bonds is 2. The summed E-state index contributed by atoms with van der Waals surface area (Å²) in [5, 5.41) is 0.110. The van der Waals surface area contributed by atoms with Crippen LogP contribution in [0.3, 0.4) is 0 Å². The van der Waals surface area contributed by atoms with Crippen LogP contribution >= 0.6 is 11.6 Å². The Hall–Kier alpha value is -2.07. The number of benzene rings is 2. The average Bonchev–Trinajstić information content (AvgIpc) is 2.80. The van der Waals surface area contributed by atoms with Crippen molar-refractivity contribution in [3.8, 4) is 5.69 Å². The first-order valence-corrected chi connectivity index (χ1v) is 7.08. The summed E-state index contributed by atoms with van der Waals surface area (Å²) >= 11 is 5.77. The number of nitrogens with zero attached hydrogens (tertiary/aromatic N) is 2. The number of hydrogen-bond acceptors (Lipinski definition) is 2. The van der Waals surface area contributed by atoms with Crippen molar-refractivity contribution >= 4 is 28.3 Å². The van der Waals surface area contributed by atoms with E-state index in [4.69, 9.17) is 17.3 Å². The summed E-state index contributed by atoms with van der Waals surface area (Å²) < 4.78 is 15.7. The first-order chi connectivity index (χ1) is 9.97. The lowest BCUT2D eigenvalue weighted by Gasteiger charge is -2.12. The maximum absolute atomic E-state index is 13.8. The summed E-state index contributed by atoms with van der Waals surface area (Å²) in [6, 6.07) is 10.3. The van der Waals surface area contributed by atoms with Gasteiger partial charge in [0, 0.05) is 11.6 Å². The summed E-state index contributed by atoms with van der Waals surface area (Å²) in [5.41, 5.74) is 8.87. The Kier molecular flexibility index (Phi) is 3.33. The molecule has 2 aromatic carbocycles. The lowest BCUT2D eigenvalue weighted by molar-refractivity contribution is 0.626. The van der Waals surface area contributed by atoms with Crippen LogP contribution in [-0.4, -0.2) is 9.55 Å². The number of anilines is 1. The Morgan fingerprint density at radius 1 is 1.19 bits per heavy atom. The molecule has 0 atom stereocenters. The Labute approximate surface area is 127 Å². The molecule has 108 valence electrons. The molecule has 5 heteroatoms. The fraction of sp³-hybridized carbons (Fsp3) is 0.188. The van der Waals surface area contributed by atoms with E-state index in [0.29, 0.717) is 11.4 Å². The molecular formula is C16H15ClFN3. The SMILES string of the molecule is CC(C)c1nc2cc(N)ccc2n1-c1ccc(Cl)c(F)c1. The molecule has 0 saturated heterocycles. The molecule has 0 unspecified atom stereocenters. The van der Waals surface area contributed by atoms with E-state index >= 15 is 0 Å². The van der Waals surface area contributed by atoms with Crippen LogP contribution in [-0.2, 0) is 0 Å². The van der Waals surface area contributed by atoms with Crippen molar-refractivity contribution in [2.45, 2.75) is 19.8 Å². The van der Waals surface area contributed by atoms with Gasteiger partial charge in [-0.3, -0.25) is 4.57 Å². The zero-order chi connectivity index (χ0) is 15.1. The zero-order valence-corrected chi connectivity index (χ0v) is 12.5. The summed E-state index contributed by atoms with van der Waals surface area (Å²) in [7, 11) is 0. The fourth-order valence-electron chi connectivity index (χ4n) is 2.40. The number of halogens is 2. The van der Waals surface area contributed by atoms with Gasteiger partial charge in [-0.15, -0.1) is 0 Å². The number of fused-ring (bicyclic) bond motifs is 1. The van der Waals surface area contributed by atoms with Crippen LogP contribution in [0.25, 0.3) is 16.7 Å². The Morgan fingerprint density at radius 3 is 2.62 bits per heavy atom. The van der Waals surface area contributed by atoms with Crippen LogP contribution in [0.2, 0.25) is 5.02 Å². The molecule has 0 radical (unpaired) electrons. The topological polar surface area (TPSA) is 43.8 Å². The minimum absolute atomic E-state index is 0.110. The van der Waals surface area contributed by atoms with Gasteiger partial charge in [-0.05, 0) is 36.4 Å². The van der Waals surface area contributed by atoms with E-state index in [1.165, 1.54) is 6.07 Å². The van der Waals surface area contributed by atoms with Crippen LogP contribution in [0.5, 0.6) is 0 Å². The van der Waals surface area contributed by atoms with Crippen LogP contribution in [0, 0.1) is 5.82 Å². The van der Waals surface area contributed by atoms with Crippen LogP contribution < -0.4 is 5.73 Å². The predicted octanol–water partition coefficient (Wildman–Crippen LogP) is 4.52. The Bertz CT molecular complexity index is 824. The first-order valence-electron chi connectivity index (χ1n) is 6.70. The molecule has 3 nitrogen and oxygen atoms in total. The van der Waals surface area contributed by atoms with E-state index in [1.807, 2.05) is 36.6 Å². The number of hydrogen-bond donors (Lipinski definition) is 1. The van der Waals surface area contributed by atoms with Gasteiger partial charge in [0.05, 0.1) is 21.7 Å². The van der Waals surface area contributed by atoms with Crippen LogP contribution in [0.4, 0.5) is 10.1 Å². The second kappa shape index (κ2) is 5.04. The third-order valence-corrected chi connectivity index (χ3v) is 3.69. The summed E-state index contributed by atoms with van der Waals surface area (Å²) in [6.45, 7) is 4.10. The van der Waals surface area contributed by atoms with Gasteiger partial charge in [0.15, 0.2) is 0 Å². The molecule has 21 heavy (non-hydrogen) atoms. The number of nitrogen functional groups attached to an aromatic ring is 1. The van der Waals surface area contributed by atoms with Crippen molar-refractivity contribution in [2.75, 3.05) is 5.73 Å². The molecule has 0 aliphatic heterocycles. The van der Waals surface area contributed by atoms with Gasteiger partial charge in [0.1, 0.15) is 11.6 Å². The highest BCUT2D eigenvalue weighted by atomic mass is 35.5. The maximum Gasteiger partial charge on any atom is 0.143 e. The molecule has 1 heterocycles. The molecular weight excluding hydrogens is 289 g/mol. The highest BCUT2D eigenvalue weighted by molar-refractivity contribution is 6.30. The van der Waals surface area contributed by atoms with E-state index < -0.39 is 5.82 Å². The third-order valence-electron chi connectivity index (χ3n) is 3.38. The zero-order valence-electron chi connectivity index (χ0n) is 11.8. The first kappa shape index (κ1) is 13.9. The molecule has 0 aliphatic rings. The largest absolute Gasteiger partial charge is 0.399 e. The third kappa shape index (κ3) is 2.36. The van der Waals surface area contributed by atoms with Gasteiger partial charge in [0.25, 0.3) is 0 Å². The summed E-state index contributed by atoms with van der Waals surface area (Å²) in [5.74, 6) is 0.607. The normalized spacial score (nSPS) is 11.5. The second-order valence-electron chi connectivity index (χ2n) is 5.31. The van der Waals surface area contributed by atoms with Crippen molar-refractivity contribution in [2.24, 2.45) is 0 Å². The van der Waals surface area contributed by atoms with E-state index in [0.717, 1.165) is 16.9 Å². The summed E-state index contributed by atoms with van der Waals surface area (Å²) in [6.07, 6.45) is 0. The minimum Gasteiger partial charge on any atom is -0.399 e. The van der Waals surface area contributed by atoms with Crippen LogP contribution in [0.15, 0.2) is 36.4 Å². The van der Waals surface area contributed by atoms with Gasteiger partial charge in [-0.25, -0.2) is 9.37 Å². The Morgan fingerprint density at radius 2 is 1.95 bits per heavy atom. The van der Waals surface area contributed by atoms with E-state index in [-0.39, 0.29) is 10.9 Å². The lowest BCUT2D eigenvalue weighted by atomic mass is 10.2. The highest BCUT2D eigenvalue weighted by Crippen LogP contribution is 2.28. The Balaban J connectivity index is 2.33. The molecule has 0 saturated carbocycles. The quantitative estimate of drug-likeness (QED) is 0.707. The van der Waals surface area contributed by atoms with Gasteiger partial charge >= 0.3 is 0 Å². The van der Waals surface area contributed by atoms with E-state index in [1.54, 1.807) is 12.1 Å². The van der Waals surface area contributed by atoms with Crippen molar-refractivity contribution in [3.05, 3.63) is 53.1 Å². The van der Waals surface area contributed by atoms with Crippen molar-refractivity contribution in [3.63, 3.8) is 0 Å². The van der Waals surface area contributed by atoms with Crippen LogP contribution in [0.1, 0.15) is 25.6 Å². The van der Waals surface area contributed by atoms with Crippen molar-refractivity contribution in [1.82, 2.24) is 9.55 Å².